The first-order chi connectivity index (χ1) is 13.6. The average molecular weight is 374 g/mol. The highest BCUT2D eigenvalue weighted by atomic mass is 16.2. The van der Waals surface area contributed by atoms with E-state index in [4.69, 9.17) is 0 Å². The van der Waals surface area contributed by atoms with Gasteiger partial charge < -0.3 is 5.32 Å². The van der Waals surface area contributed by atoms with E-state index in [2.05, 4.69) is 15.5 Å². The molecule has 0 spiro atoms. The Morgan fingerprint density at radius 2 is 1.75 bits per heavy atom. The van der Waals surface area contributed by atoms with Crippen LogP contribution in [-0.2, 0) is 4.79 Å². The number of amides is 3. The summed E-state index contributed by atoms with van der Waals surface area (Å²) in [5.41, 5.74) is 3.31. The van der Waals surface area contributed by atoms with Crippen LogP contribution in [0, 0.1) is 0 Å². The summed E-state index contributed by atoms with van der Waals surface area (Å²) in [4.78, 5) is 38.1. The fraction of sp³-hybridized carbons (Fsp3) is 0.143. The minimum absolute atomic E-state index is 0.168. The van der Waals surface area contributed by atoms with Crippen molar-refractivity contribution in [1.82, 2.24) is 15.1 Å². The predicted molar refractivity (Wildman–Crippen MR) is 104 cm³/mol. The van der Waals surface area contributed by atoms with Crippen molar-refractivity contribution >= 4 is 23.4 Å². The highest BCUT2D eigenvalue weighted by molar-refractivity contribution is 6.21. The molecule has 0 saturated carbocycles. The zero-order valence-corrected chi connectivity index (χ0v) is 15.0. The monoisotopic (exact) mass is 374 g/mol. The Bertz CT molecular complexity index is 1010. The van der Waals surface area contributed by atoms with Crippen molar-refractivity contribution in [2.24, 2.45) is 0 Å². The van der Waals surface area contributed by atoms with E-state index in [1.54, 1.807) is 30.5 Å². The van der Waals surface area contributed by atoms with Crippen LogP contribution in [0.4, 0.5) is 5.69 Å². The van der Waals surface area contributed by atoms with E-state index in [1.807, 2.05) is 30.3 Å². The van der Waals surface area contributed by atoms with E-state index in [9.17, 15) is 14.4 Å². The lowest BCUT2D eigenvalue weighted by atomic mass is 10.1. The van der Waals surface area contributed by atoms with Crippen molar-refractivity contribution in [2.45, 2.75) is 12.8 Å². The number of nitrogens with one attached hydrogen (secondary N) is 2. The largest absolute Gasteiger partial charge is 0.326 e. The van der Waals surface area contributed by atoms with Crippen LogP contribution in [0.3, 0.4) is 0 Å². The lowest BCUT2D eigenvalue weighted by Gasteiger charge is -2.13. The second-order valence-electron chi connectivity index (χ2n) is 6.51. The summed E-state index contributed by atoms with van der Waals surface area (Å²) >= 11 is 0. The molecule has 2 N–H and O–H groups in total. The third-order valence-corrected chi connectivity index (χ3v) is 4.62. The Kier molecular flexibility index (Phi) is 4.72. The van der Waals surface area contributed by atoms with Gasteiger partial charge in [-0.1, -0.05) is 24.3 Å². The Hall–Kier alpha value is -3.74. The van der Waals surface area contributed by atoms with Gasteiger partial charge in [0.05, 0.1) is 16.8 Å². The molecule has 4 rings (SSSR count). The predicted octanol–water partition coefficient (Wildman–Crippen LogP) is 3.09. The molecular formula is C21H18N4O3. The van der Waals surface area contributed by atoms with E-state index < -0.39 is 0 Å². The molecular weight excluding hydrogens is 356 g/mol. The molecule has 2 aromatic carbocycles. The molecule has 3 aromatic rings. The second kappa shape index (κ2) is 7.48. The SMILES string of the molecule is O=C(CCCN1C(=O)c2ccccc2C1=O)Nc1cccc(-c2ccn[nH]2)c1. The Morgan fingerprint density at radius 3 is 2.43 bits per heavy atom. The number of carbonyl (C=O) groups is 3. The van der Waals surface area contributed by atoms with Gasteiger partial charge in [-0.3, -0.25) is 24.4 Å². The van der Waals surface area contributed by atoms with Gasteiger partial charge in [0.2, 0.25) is 5.91 Å². The molecule has 0 atom stereocenters. The zero-order chi connectivity index (χ0) is 19.5. The average Bonchev–Trinajstić information content (AvgIpc) is 3.32. The molecule has 1 aliphatic rings. The Balaban J connectivity index is 1.32. The molecule has 0 fully saturated rings. The first kappa shape index (κ1) is 17.7. The van der Waals surface area contributed by atoms with Crippen molar-refractivity contribution in [3.05, 3.63) is 71.9 Å². The van der Waals surface area contributed by atoms with Crippen LogP contribution in [0.25, 0.3) is 11.3 Å². The van der Waals surface area contributed by atoms with Gasteiger partial charge in [0, 0.05) is 30.4 Å². The number of aromatic nitrogens is 2. The second-order valence-corrected chi connectivity index (χ2v) is 6.51. The summed E-state index contributed by atoms with van der Waals surface area (Å²) in [7, 11) is 0. The van der Waals surface area contributed by atoms with Gasteiger partial charge in [-0.15, -0.1) is 0 Å². The molecule has 140 valence electrons. The molecule has 1 aliphatic heterocycles. The summed E-state index contributed by atoms with van der Waals surface area (Å²) in [6.07, 6.45) is 2.28. The normalized spacial score (nSPS) is 12.9. The topological polar surface area (TPSA) is 95.2 Å². The number of rotatable bonds is 6. The molecule has 1 aromatic heterocycles. The number of imide groups is 1. The van der Waals surface area contributed by atoms with E-state index in [1.165, 1.54) is 4.90 Å². The minimum atomic E-state index is -0.298. The number of aromatic amines is 1. The molecule has 3 amide bonds. The fourth-order valence-electron chi connectivity index (χ4n) is 3.24. The first-order valence-corrected chi connectivity index (χ1v) is 8.98. The van der Waals surface area contributed by atoms with Gasteiger partial charge >= 0.3 is 0 Å². The van der Waals surface area contributed by atoms with Gasteiger partial charge in [-0.25, -0.2) is 0 Å². The van der Waals surface area contributed by atoms with Gasteiger partial charge in [-0.05, 0) is 36.8 Å². The summed E-state index contributed by atoms with van der Waals surface area (Å²) in [5.74, 6) is -0.764. The number of fused-ring (bicyclic) bond motifs is 1. The number of carbonyl (C=O) groups excluding carboxylic acids is 3. The quantitative estimate of drug-likeness (QED) is 0.648. The molecule has 0 saturated heterocycles. The maximum atomic E-state index is 12.3. The molecule has 28 heavy (non-hydrogen) atoms. The lowest BCUT2D eigenvalue weighted by molar-refractivity contribution is -0.116. The van der Waals surface area contributed by atoms with Crippen LogP contribution in [0.2, 0.25) is 0 Å². The third-order valence-electron chi connectivity index (χ3n) is 4.62. The van der Waals surface area contributed by atoms with Crippen LogP contribution in [-0.4, -0.2) is 39.4 Å². The molecule has 7 nitrogen and oxygen atoms in total. The summed E-state index contributed by atoms with van der Waals surface area (Å²) in [5, 5.41) is 9.65. The number of benzene rings is 2. The maximum Gasteiger partial charge on any atom is 0.261 e. The van der Waals surface area contributed by atoms with Crippen LogP contribution < -0.4 is 5.32 Å². The van der Waals surface area contributed by atoms with E-state index >= 15 is 0 Å². The molecule has 0 bridgehead atoms. The van der Waals surface area contributed by atoms with Crippen molar-refractivity contribution < 1.29 is 14.4 Å². The molecule has 0 radical (unpaired) electrons. The van der Waals surface area contributed by atoms with Gasteiger partial charge in [-0.2, -0.15) is 5.10 Å². The van der Waals surface area contributed by atoms with E-state index in [0.29, 0.717) is 23.2 Å². The molecule has 0 unspecified atom stereocenters. The van der Waals surface area contributed by atoms with Crippen LogP contribution >= 0.6 is 0 Å². The van der Waals surface area contributed by atoms with E-state index in [0.717, 1.165) is 11.3 Å². The van der Waals surface area contributed by atoms with Crippen molar-refractivity contribution in [3.63, 3.8) is 0 Å². The Morgan fingerprint density at radius 1 is 1.00 bits per heavy atom. The lowest BCUT2D eigenvalue weighted by Crippen LogP contribution is -2.31. The van der Waals surface area contributed by atoms with Gasteiger partial charge in [0.25, 0.3) is 11.8 Å². The smallest absolute Gasteiger partial charge is 0.261 e. The summed E-state index contributed by atoms with van der Waals surface area (Å²) in [6, 6.07) is 16.1. The third kappa shape index (κ3) is 3.42. The van der Waals surface area contributed by atoms with Crippen LogP contribution in [0.1, 0.15) is 33.6 Å². The zero-order valence-electron chi connectivity index (χ0n) is 15.0. The molecule has 7 heteroatoms. The highest BCUT2D eigenvalue weighted by Gasteiger charge is 2.34. The molecule has 0 aliphatic carbocycles. The van der Waals surface area contributed by atoms with Crippen LogP contribution in [0.15, 0.2) is 60.8 Å². The maximum absolute atomic E-state index is 12.3. The Labute approximate surface area is 161 Å². The van der Waals surface area contributed by atoms with Crippen molar-refractivity contribution in [2.75, 3.05) is 11.9 Å². The number of hydrogen-bond donors (Lipinski definition) is 2. The number of anilines is 1. The summed E-state index contributed by atoms with van der Waals surface area (Å²) < 4.78 is 0. The van der Waals surface area contributed by atoms with Crippen LogP contribution in [0.5, 0.6) is 0 Å². The number of hydrogen-bond acceptors (Lipinski definition) is 4. The minimum Gasteiger partial charge on any atom is -0.326 e. The van der Waals surface area contributed by atoms with Crippen molar-refractivity contribution in [1.29, 1.82) is 0 Å². The van der Waals surface area contributed by atoms with Gasteiger partial charge in [0.15, 0.2) is 0 Å². The van der Waals surface area contributed by atoms with Crippen molar-refractivity contribution in [3.8, 4) is 11.3 Å². The number of nitrogens with zero attached hydrogens (tertiary/aromatic N) is 2. The fourth-order valence-corrected chi connectivity index (χ4v) is 3.24. The van der Waals surface area contributed by atoms with Gasteiger partial charge in [0.1, 0.15) is 0 Å². The number of H-pyrrole nitrogens is 1. The first-order valence-electron chi connectivity index (χ1n) is 8.98. The summed E-state index contributed by atoms with van der Waals surface area (Å²) in [6.45, 7) is 0.216. The molecule has 2 heterocycles. The highest BCUT2D eigenvalue weighted by Crippen LogP contribution is 2.23. The standard InChI is InChI=1S/C21H18N4O3/c26-19(23-15-6-3-5-14(13-15)18-10-11-22-24-18)9-4-12-25-20(27)16-7-1-2-8-17(16)21(25)28/h1-3,5-8,10-11,13H,4,9,12H2,(H,22,24)(H,23,26). The van der Waals surface area contributed by atoms with E-state index in [-0.39, 0.29) is 30.7 Å².